The Balaban J connectivity index is -0.000000240. The number of Topliss-reactive ketones (excluding diaryl/α,β-unsaturated/α-hetero) is 1. The molecule has 16 heavy (non-hydrogen) atoms. The summed E-state index contributed by atoms with van der Waals surface area (Å²) in [7, 11) is 0. The largest absolute Gasteiger partial charge is 3.00 e. The van der Waals surface area contributed by atoms with Gasteiger partial charge >= 0.3 is 23.3 Å². The molecule has 0 saturated carbocycles. The van der Waals surface area contributed by atoms with Crippen LogP contribution >= 0.6 is 11.8 Å². The number of ketones is 1. The number of carbonyl (C=O) groups is 2. The molecular weight excluding hydrogens is 285 g/mol. The Hall–Kier alpha value is 0.622. The molecule has 0 aromatic heterocycles. The number of thioether (sulfide) groups is 1. The molecule has 1 unspecified atom stereocenters. The van der Waals surface area contributed by atoms with E-state index >= 15 is 0 Å². The van der Waals surface area contributed by atoms with Crippen molar-refractivity contribution >= 4 is 54.4 Å². The second kappa shape index (κ2) is 15.6. The van der Waals surface area contributed by atoms with E-state index in [2.05, 4.69) is 5.32 Å². The number of carbonyl (C=O) groups excluding carboxylic acids is 1. The summed E-state index contributed by atoms with van der Waals surface area (Å²) in [5.41, 5.74) is 0. The van der Waals surface area contributed by atoms with Crippen LogP contribution in [0.2, 0.25) is 0 Å². The number of carboxylic acids is 1. The number of nitrogens with one attached hydrogen (secondary N) is 1. The summed E-state index contributed by atoms with van der Waals surface area (Å²) in [5.74, 6) is -0.160. The van der Waals surface area contributed by atoms with Gasteiger partial charge in [0, 0.05) is 0 Å². The second-order valence-electron chi connectivity index (χ2n) is 2.76. The Labute approximate surface area is 124 Å². The number of halogens is 1. The average Bonchev–Trinajstić information content (AvgIpc) is 2.03. The van der Waals surface area contributed by atoms with Crippen LogP contribution in [0, 0.1) is 0 Å². The Bertz CT molecular complexity index is 198. The minimum absolute atomic E-state index is 0. The summed E-state index contributed by atoms with van der Waals surface area (Å²) in [4.78, 5) is 21.2. The van der Waals surface area contributed by atoms with Gasteiger partial charge in [-0.15, -0.1) is 0 Å². The van der Waals surface area contributed by atoms with Crippen molar-refractivity contribution in [1.29, 1.82) is 0 Å². The molecule has 0 aliphatic carbocycles. The molecule has 0 aliphatic heterocycles. The van der Waals surface area contributed by atoms with Gasteiger partial charge in [0.05, 0.1) is 6.54 Å². The van der Waals surface area contributed by atoms with Crippen LogP contribution in [0.1, 0.15) is 13.3 Å². The van der Waals surface area contributed by atoms with Gasteiger partial charge in [-0.1, -0.05) is 13.5 Å². The van der Waals surface area contributed by atoms with Crippen LogP contribution in [-0.4, -0.2) is 58.8 Å². The number of carboxylic acid groups (broad SMARTS) is 1. The van der Waals surface area contributed by atoms with Gasteiger partial charge < -0.3 is 17.5 Å². The molecule has 0 heterocycles. The van der Waals surface area contributed by atoms with Crippen molar-refractivity contribution in [3.05, 3.63) is 0 Å². The van der Waals surface area contributed by atoms with Crippen LogP contribution in [0.5, 0.6) is 0 Å². The number of hydrogen-bond acceptors (Lipinski definition) is 4. The van der Waals surface area contributed by atoms with Crippen molar-refractivity contribution in [2.45, 2.75) is 19.4 Å². The van der Waals surface area contributed by atoms with E-state index in [0.29, 0.717) is 6.42 Å². The molecule has 0 saturated heterocycles. The van der Waals surface area contributed by atoms with Crippen LogP contribution in [0.4, 0.5) is 0 Å². The average molecular weight is 303 g/mol. The molecule has 4 nitrogen and oxygen atoms in total. The van der Waals surface area contributed by atoms with Crippen molar-refractivity contribution < 1.29 is 27.1 Å². The Kier molecular flexibility index (Phi) is 24.9. The molecule has 2 N–H and O–H groups in total. The van der Waals surface area contributed by atoms with Crippen molar-refractivity contribution in [1.82, 2.24) is 5.32 Å². The Morgan fingerprint density at radius 3 is 2.25 bits per heavy atom. The smallest absolute Gasteiger partial charge is 1.00 e. The standard InChI is InChI=1S/C8H15NO3S.Al.ClH.H2S/c1-6(10)5-9-7(8(11)12)3-4-13-2;;;/h7,9H,3-5H2,1-2H3,(H,11,12);;1H;1H2/q;+3;;. The fourth-order valence-corrected chi connectivity index (χ4v) is 1.29. The van der Waals surface area contributed by atoms with E-state index in [0.717, 1.165) is 5.75 Å². The zero-order valence-electron chi connectivity index (χ0n) is 9.40. The van der Waals surface area contributed by atoms with E-state index in [1.165, 1.54) is 6.92 Å². The maximum atomic E-state index is 10.6. The third-order valence-electron chi connectivity index (χ3n) is 1.51. The van der Waals surface area contributed by atoms with Crippen LogP contribution in [0.15, 0.2) is 0 Å². The second-order valence-corrected chi connectivity index (χ2v) is 3.74. The first-order chi connectivity index (χ1) is 6.07. The van der Waals surface area contributed by atoms with Crippen LogP contribution in [-0.2, 0) is 23.1 Å². The summed E-state index contributed by atoms with van der Waals surface area (Å²) in [6.07, 6.45) is 2.47. The van der Waals surface area contributed by atoms with Crippen molar-refractivity contribution in [3.8, 4) is 0 Å². The van der Waals surface area contributed by atoms with E-state index < -0.39 is 12.0 Å². The summed E-state index contributed by atoms with van der Waals surface area (Å²) < 4.78 is 0. The third kappa shape index (κ3) is 14.6. The zero-order valence-corrected chi connectivity index (χ0v) is 13.3. The Morgan fingerprint density at radius 2 is 1.94 bits per heavy atom. The van der Waals surface area contributed by atoms with Gasteiger partial charge in [0.15, 0.2) is 0 Å². The first kappa shape index (κ1) is 25.5. The molecular formula is C8H18AlClNO3S2+3. The van der Waals surface area contributed by atoms with Gasteiger partial charge in [0.25, 0.3) is 0 Å². The van der Waals surface area contributed by atoms with Gasteiger partial charge in [-0.25, -0.2) is 0 Å². The molecule has 0 aromatic rings. The van der Waals surface area contributed by atoms with E-state index in [1.54, 1.807) is 11.8 Å². The van der Waals surface area contributed by atoms with Gasteiger partial charge in [0.2, 0.25) is 0 Å². The monoisotopic (exact) mass is 302 g/mol. The molecule has 0 fully saturated rings. The summed E-state index contributed by atoms with van der Waals surface area (Å²) in [5, 5.41) is 11.4. The third-order valence-corrected chi connectivity index (χ3v) is 2.15. The van der Waals surface area contributed by atoms with Gasteiger partial charge in [-0.2, -0.15) is 11.8 Å². The van der Waals surface area contributed by atoms with Crippen LogP contribution in [0.3, 0.4) is 0 Å². The van der Waals surface area contributed by atoms with Crippen molar-refractivity contribution in [3.63, 3.8) is 0 Å². The predicted octanol–water partition coefficient (Wildman–Crippen LogP) is -3.81. The maximum absolute atomic E-state index is 10.6. The van der Waals surface area contributed by atoms with Crippen LogP contribution in [0.25, 0.3) is 0 Å². The summed E-state index contributed by atoms with van der Waals surface area (Å²) >= 11 is 1.59. The maximum Gasteiger partial charge on any atom is 3.00 e. The number of hydrogen-bond donors (Lipinski definition) is 2. The SMILES string of the molecule is CSCCC(NCC(C)=O)C(=O)O.[Al+3].[Cl-].[SH3+]. The molecule has 0 aromatic carbocycles. The fraction of sp³-hybridized carbons (Fsp3) is 0.750. The van der Waals surface area contributed by atoms with E-state index in [4.69, 9.17) is 5.11 Å². The number of aliphatic carboxylic acids is 1. The summed E-state index contributed by atoms with van der Waals surface area (Å²) in [6, 6.07) is -0.601. The fourth-order valence-electron chi connectivity index (χ4n) is 0.815. The van der Waals surface area contributed by atoms with Gasteiger partial charge in [-0.3, -0.25) is 14.9 Å². The number of rotatable bonds is 7. The minimum Gasteiger partial charge on any atom is -1.00 e. The minimum atomic E-state index is -0.893. The topological polar surface area (TPSA) is 66.4 Å². The Morgan fingerprint density at radius 1 is 1.44 bits per heavy atom. The zero-order chi connectivity index (χ0) is 10.3. The first-order valence-corrected chi connectivity index (χ1v) is 5.42. The predicted molar refractivity (Wildman–Crippen MR) is 70.4 cm³/mol. The quantitative estimate of drug-likeness (QED) is 0.373. The van der Waals surface area contributed by atoms with Gasteiger partial charge in [-0.05, 0) is 25.4 Å². The molecule has 0 rings (SSSR count). The molecule has 0 bridgehead atoms. The molecule has 0 amide bonds. The van der Waals surface area contributed by atoms with Crippen molar-refractivity contribution in [2.24, 2.45) is 0 Å². The molecule has 92 valence electrons. The molecule has 0 aliphatic rings. The molecule has 1 atom stereocenters. The molecule has 0 spiro atoms. The normalized spacial score (nSPS) is 10.1. The van der Waals surface area contributed by atoms with E-state index in [9.17, 15) is 9.59 Å². The molecule has 8 heteroatoms. The van der Waals surface area contributed by atoms with E-state index in [-0.39, 0.29) is 55.6 Å². The van der Waals surface area contributed by atoms with Crippen molar-refractivity contribution in [2.75, 3.05) is 18.6 Å². The van der Waals surface area contributed by atoms with E-state index in [1.807, 2.05) is 6.26 Å². The summed E-state index contributed by atoms with van der Waals surface area (Å²) in [6.45, 7) is 1.56. The first-order valence-electron chi connectivity index (χ1n) is 4.02. The van der Waals surface area contributed by atoms with Gasteiger partial charge in [0.1, 0.15) is 11.8 Å². The van der Waals surface area contributed by atoms with Crippen LogP contribution < -0.4 is 17.7 Å². The molecule has 0 radical (unpaired) electrons.